The molecule has 3 aromatic carbocycles. The Bertz CT molecular complexity index is 1460. The second-order valence-electron chi connectivity index (χ2n) is 9.07. The molecule has 0 saturated carbocycles. The molecule has 3 aromatic rings. The molecule has 0 heterocycles. The van der Waals surface area contributed by atoms with Gasteiger partial charge in [0.2, 0.25) is 15.9 Å². The molecule has 2 atom stereocenters. The number of rotatable bonds is 13. The van der Waals surface area contributed by atoms with E-state index in [-0.39, 0.29) is 29.3 Å². The summed E-state index contributed by atoms with van der Waals surface area (Å²) in [4.78, 5) is 24.5. The molecule has 0 aliphatic rings. The topological polar surface area (TPSA) is 184 Å². The number of carbonyl (C=O) groups is 2. The minimum atomic E-state index is -3.68. The van der Waals surface area contributed by atoms with E-state index in [1.165, 1.54) is 31.4 Å². The minimum Gasteiger partial charge on any atom is -0.506 e. The summed E-state index contributed by atoms with van der Waals surface area (Å²) in [6.07, 6.45) is -0.261. The first kappa shape index (κ1) is 30.2. The monoisotopic (exact) mass is 573 g/mol. The van der Waals surface area contributed by atoms with Crippen LogP contribution in [-0.4, -0.2) is 62.1 Å². The molecule has 12 nitrogen and oxygen atoms in total. The third-order valence-corrected chi connectivity index (χ3v) is 6.52. The first-order valence-corrected chi connectivity index (χ1v) is 13.8. The lowest BCUT2D eigenvalue weighted by Crippen LogP contribution is -2.50. The van der Waals surface area contributed by atoms with Crippen LogP contribution in [0.15, 0.2) is 66.7 Å². The van der Waals surface area contributed by atoms with E-state index < -0.39 is 40.1 Å². The van der Waals surface area contributed by atoms with Gasteiger partial charge in [0, 0.05) is 18.3 Å². The van der Waals surface area contributed by atoms with Gasteiger partial charge in [-0.1, -0.05) is 24.3 Å². The van der Waals surface area contributed by atoms with E-state index in [1.807, 2.05) is 0 Å². The highest BCUT2D eigenvalue weighted by Crippen LogP contribution is 2.30. The third kappa shape index (κ3) is 8.09. The van der Waals surface area contributed by atoms with Gasteiger partial charge < -0.3 is 30.1 Å². The normalized spacial score (nSPS) is 13.5. The second kappa shape index (κ2) is 12.7. The number of nitrogens with one attached hydrogen (secondary N) is 3. The van der Waals surface area contributed by atoms with Crippen molar-refractivity contribution < 1.29 is 42.8 Å². The molecule has 0 saturated heterocycles. The summed E-state index contributed by atoms with van der Waals surface area (Å²) in [6, 6.07) is 17.0. The number of phenols is 1. The van der Waals surface area contributed by atoms with Crippen molar-refractivity contribution in [3.05, 3.63) is 77.9 Å². The molecular formula is C27H31N3O9S. The van der Waals surface area contributed by atoms with Gasteiger partial charge in [-0.15, -0.1) is 0 Å². The molecule has 1 amide bonds. The number of sulfonamides is 1. The number of carboxylic acids is 1. The molecule has 0 bridgehead atoms. The summed E-state index contributed by atoms with van der Waals surface area (Å²) in [5, 5.41) is 35.6. The molecule has 0 radical (unpaired) electrons. The van der Waals surface area contributed by atoms with E-state index in [1.54, 1.807) is 49.4 Å². The highest BCUT2D eigenvalue weighted by Gasteiger charge is 2.36. The number of hydrogen-bond donors (Lipinski definition) is 6. The van der Waals surface area contributed by atoms with Gasteiger partial charge in [-0.25, -0.2) is 13.2 Å². The summed E-state index contributed by atoms with van der Waals surface area (Å²) in [6.45, 7) is 0.939. The number of hydrogen-bond acceptors (Lipinski definition) is 9. The molecule has 0 spiro atoms. The molecule has 0 aliphatic heterocycles. The average molecular weight is 574 g/mol. The number of aliphatic hydroxyl groups excluding tert-OH is 1. The number of methoxy groups -OCH3 is 1. The van der Waals surface area contributed by atoms with Crippen molar-refractivity contribution in [3.8, 4) is 17.2 Å². The second-order valence-corrected chi connectivity index (χ2v) is 10.8. The average Bonchev–Trinajstić information content (AvgIpc) is 2.91. The zero-order valence-electron chi connectivity index (χ0n) is 22.0. The van der Waals surface area contributed by atoms with Gasteiger partial charge >= 0.3 is 5.97 Å². The first-order chi connectivity index (χ1) is 18.8. The maximum absolute atomic E-state index is 13.6. The Morgan fingerprint density at radius 2 is 1.73 bits per heavy atom. The van der Waals surface area contributed by atoms with Crippen LogP contribution in [0.3, 0.4) is 0 Å². The number of anilines is 2. The number of benzene rings is 3. The van der Waals surface area contributed by atoms with Crippen LogP contribution in [0.4, 0.5) is 11.4 Å². The Labute approximate surface area is 231 Å². The van der Waals surface area contributed by atoms with Crippen molar-refractivity contribution in [1.29, 1.82) is 0 Å². The van der Waals surface area contributed by atoms with Crippen LogP contribution in [0, 0.1) is 0 Å². The van der Waals surface area contributed by atoms with Gasteiger partial charge in [-0.3, -0.25) is 14.8 Å². The molecule has 0 aliphatic carbocycles. The van der Waals surface area contributed by atoms with E-state index in [0.29, 0.717) is 17.0 Å². The molecule has 0 aromatic heterocycles. The van der Waals surface area contributed by atoms with Crippen LogP contribution in [-0.2, 0) is 25.2 Å². The number of aliphatic hydroxyl groups is 1. The van der Waals surface area contributed by atoms with Crippen LogP contribution in [0.5, 0.6) is 17.2 Å². The van der Waals surface area contributed by atoms with E-state index in [9.17, 15) is 28.2 Å². The minimum absolute atomic E-state index is 0.0975. The van der Waals surface area contributed by atoms with Crippen LogP contribution in [0.1, 0.15) is 24.2 Å². The number of aromatic hydroxyl groups is 1. The summed E-state index contributed by atoms with van der Waals surface area (Å²) >= 11 is 0. The number of amides is 1. The number of aliphatic carboxylic acids is 1. The lowest BCUT2D eigenvalue weighted by atomic mass is 9.90. The predicted molar refractivity (Wildman–Crippen MR) is 148 cm³/mol. The Morgan fingerprint density at radius 3 is 2.35 bits per heavy atom. The lowest BCUT2D eigenvalue weighted by Gasteiger charge is -2.31. The summed E-state index contributed by atoms with van der Waals surface area (Å²) in [5.41, 5.74) is -0.306. The van der Waals surface area contributed by atoms with Crippen LogP contribution >= 0.6 is 0 Å². The quantitative estimate of drug-likeness (QED) is 0.166. The van der Waals surface area contributed by atoms with E-state index in [2.05, 4.69) is 15.4 Å². The predicted octanol–water partition coefficient (Wildman–Crippen LogP) is 2.41. The number of carboxylic acid groups (broad SMARTS) is 1. The Hall–Kier alpha value is -4.33. The fourth-order valence-electron chi connectivity index (χ4n) is 3.76. The molecule has 13 heteroatoms. The molecule has 214 valence electrons. The zero-order chi connectivity index (χ0) is 29.5. The van der Waals surface area contributed by atoms with Crippen molar-refractivity contribution in [2.75, 3.05) is 36.6 Å². The van der Waals surface area contributed by atoms with Gasteiger partial charge in [-0.05, 0) is 54.4 Å². The van der Waals surface area contributed by atoms with Crippen molar-refractivity contribution in [1.82, 2.24) is 5.32 Å². The Balaban J connectivity index is 1.86. The lowest BCUT2D eigenvalue weighted by molar-refractivity contribution is -0.139. The zero-order valence-corrected chi connectivity index (χ0v) is 22.9. The fourth-order valence-corrected chi connectivity index (χ4v) is 4.33. The van der Waals surface area contributed by atoms with Gasteiger partial charge in [0.05, 0.1) is 25.2 Å². The summed E-state index contributed by atoms with van der Waals surface area (Å²) < 4.78 is 35.8. The molecule has 40 heavy (non-hydrogen) atoms. The highest BCUT2D eigenvalue weighted by molar-refractivity contribution is 7.92. The molecular weight excluding hydrogens is 542 g/mol. The van der Waals surface area contributed by atoms with E-state index >= 15 is 0 Å². The smallest absolute Gasteiger partial charge is 0.341 e. The van der Waals surface area contributed by atoms with Gasteiger partial charge in [0.1, 0.15) is 22.8 Å². The van der Waals surface area contributed by atoms with Crippen LogP contribution in [0.25, 0.3) is 0 Å². The first-order valence-electron chi connectivity index (χ1n) is 11.9. The van der Waals surface area contributed by atoms with Gasteiger partial charge in [-0.2, -0.15) is 0 Å². The highest BCUT2D eigenvalue weighted by atomic mass is 32.2. The number of phenolic OH excluding ortho intramolecular Hbond substituents is 1. The van der Waals surface area contributed by atoms with Crippen molar-refractivity contribution in [3.63, 3.8) is 0 Å². The van der Waals surface area contributed by atoms with Crippen molar-refractivity contribution in [2.24, 2.45) is 0 Å². The fraction of sp³-hybridized carbons (Fsp3) is 0.259. The van der Waals surface area contributed by atoms with Gasteiger partial charge in [0.25, 0.3) is 0 Å². The summed E-state index contributed by atoms with van der Waals surface area (Å²) in [5.74, 6) is -1.13. The largest absolute Gasteiger partial charge is 0.506 e. The van der Waals surface area contributed by atoms with Crippen LogP contribution in [0.2, 0.25) is 0 Å². The maximum Gasteiger partial charge on any atom is 0.341 e. The summed E-state index contributed by atoms with van der Waals surface area (Å²) in [7, 11) is -2.17. The number of ether oxygens (including phenoxy) is 2. The third-order valence-electron chi connectivity index (χ3n) is 5.93. The van der Waals surface area contributed by atoms with E-state index in [0.717, 1.165) is 6.26 Å². The van der Waals surface area contributed by atoms with Gasteiger partial charge in [0.15, 0.2) is 6.61 Å². The molecule has 0 unspecified atom stereocenters. The molecule has 0 fully saturated rings. The van der Waals surface area contributed by atoms with E-state index in [4.69, 9.17) is 14.6 Å². The van der Waals surface area contributed by atoms with Crippen molar-refractivity contribution >= 4 is 33.3 Å². The van der Waals surface area contributed by atoms with Crippen molar-refractivity contribution in [2.45, 2.75) is 18.6 Å². The standard InChI is InChI=1S/C27H31N3O9S/c1-27(18-8-10-20(38-2)11-9-18,26(35)29-19-5-4-6-21(14-19)39-16-25(33)34)28-15-24(32)17-7-12-23(31)22(13-17)30-40(3,36)37/h4-14,24,28,30-32H,15-16H2,1-3H3,(H,29,35)(H,33,34)/t24-,27-/m0/s1. The SMILES string of the molecule is COc1ccc([C@](C)(NC[C@H](O)c2ccc(O)c(NS(C)(=O)=O)c2)C(=O)Nc2cccc(OCC(=O)O)c2)cc1. The van der Waals surface area contributed by atoms with Crippen LogP contribution < -0.4 is 24.8 Å². The maximum atomic E-state index is 13.6. The Kier molecular flexibility index (Phi) is 9.58. The molecule has 3 rings (SSSR count). The Morgan fingerprint density at radius 1 is 1.02 bits per heavy atom. The number of carbonyl (C=O) groups excluding carboxylic acids is 1. The molecule has 6 N–H and O–H groups in total.